The average molecular weight is 349 g/mol. The SMILES string of the molecule is Cl.NCC1(CC(=O)NCc2ccc(F)c(Cl)c2)CCCCC1. The Kier molecular flexibility index (Phi) is 7.60. The molecule has 22 heavy (non-hydrogen) atoms. The van der Waals surface area contributed by atoms with Crippen LogP contribution in [0.5, 0.6) is 0 Å². The van der Waals surface area contributed by atoms with Crippen molar-refractivity contribution in [3.8, 4) is 0 Å². The van der Waals surface area contributed by atoms with E-state index in [-0.39, 0.29) is 28.8 Å². The summed E-state index contributed by atoms with van der Waals surface area (Å²) in [5.74, 6) is -0.446. The Morgan fingerprint density at radius 1 is 1.32 bits per heavy atom. The van der Waals surface area contributed by atoms with Crippen molar-refractivity contribution >= 4 is 29.9 Å². The maximum atomic E-state index is 13.1. The van der Waals surface area contributed by atoms with Crippen LogP contribution < -0.4 is 11.1 Å². The fourth-order valence-electron chi connectivity index (χ4n) is 3.01. The van der Waals surface area contributed by atoms with Gasteiger partial charge in [0.1, 0.15) is 5.82 Å². The van der Waals surface area contributed by atoms with Crippen LogP contribution in [0.15, 0.2) is 18.2 Å². The van der Waals surface area contributed by atoms with Gasteiger partial charge in [0.05, 0.1) is 5.02 Å². The normalized spacial score (nSPS) is 16.7. The third-order valence-electron chi connectivity index (χ3n) is 4.36. The second-order valence-electron chi connectivity index (χ2n) is 5.97. The van der Waals surface area contributed by atoms with Gasteiger partial charge in [0.15, 0.2) is 0 Å². The van der Waals surface area contributed by atoms with Crippen LogP contribution in [0, 0.1) is 11.2 Å². The molecule has 0 saturated heterocycles. The Bertz CT molecular complexity index is 505. The lowest BCUT2D eigenvalue weighted by Gasteiger charge is -2.35. The number of nitrogens with one attached hydrogen (secondary N) is 1. The number of amides is 1. The monoisotopic (exact) mass is 348 g/mol. The molecule has 3 nitrogen and oxygen atoms in total. The van der Waals surface area contributed by atoms with Crippen molar-refractivity contribution in [3.63, 3.8) is 0 Å². The first-order valence-corrected chi connectivity index (χ1v) is 7.83. The van der Waals surface area contributed by atoms with Gasteiger partial charge in [-0.3, -0.25) is 4.79 Å². The van der Waals surface area contributed by atoms with Gasteiger partial charge in [0, 0.05) is 13.0 Å². The topological polar surface area (TPSA) is 55.1 Å². The maximum absolute atomic E-state index is 13.1. The van der Waals surface area contributed by atoms with E-state index in [2.05, 4.69) is 5.32 Å². The number of nitrogens with two attached hydrogens (primary N) is 1. The summed E-state index contributed by atoms with van der Waals surface area (Å²) in [5.41, 5.74) is 6.64. The fourth-order valence-corrected chi connectivity index (χ4v) is 3.21. The second kappa shape index (κ2) is 8.70. The lowest BCUT2D eigenvalue weighted by molar-refractivity contribution is -0.124. The van der Waals surface area contributed by atoms with E-state index in [0.717, 1.165) is 31.2 Å². The van der Waals surface area contributed by atoms with Crippen LogP contribution in [0.4, 0.5) is 4.39 Å². The molecule has 0 heterocycles. The van der Waals surface area contributed by atoms with Crippen molar-refractivity contribution in [2.24, 2.45) is 11.1 Å². The lowest BCUT2D eigenvalue weighted by Crippen LogP contribution is -2.38. The van der Waals surface area contributed by atoms with Gasteiger partial charge in [0.25, 0.3) is 0 Å². The predicted octanol–water partition coefficient (Wildman–Crippen LogP) is 3.82. The Hall–Kier alpha value is -0.840. The average Bonchev–Trinajstić information content (AvgIpc) is 2.49. The molecule has 0 radical (unpaired) electrons. The molecule has 1 aromatic rings. The summed E-state index contributed by atoms with van der Waals surface area (Å²) in [6.07, 6.45) is 6.06. The highest BCUT2D eigenvalue weighted by atomic mass is 35.5. The predicted molar refractivity (Wildman–Crippen MR) is 89.7 cm³/mol. The Labute approximate surface area is 142 Å². The van der Waals surface area contributed by atoms with E-state index >= 15 is 0 Å². The minimum Gasteiger partial charge on any atom is -0.352 e. The van der Waals surface area contributed by atoms with Gasteiger partial charge in [-0.15, -0.1) is 12.4 Å². The molecule has 1 saturated carbocycles. The molecule has 2 rings (SSSR count). The van der Waals surface area contributed by atoms with Gasteiger partial charge in [-0.05, 0) is 42.5 Å². The molecule has 0 aromatic heterocycles. The maximum Gasteiger partial charge on any atom is 0.220 e. The molecule has 6 heteroatoms. The van der Waals surface area contributed by atoms with Crippen LogP contribution in [0.25, 0.3) is 0 Å². The number of rotatable bonds is 5. The minimum atomic E-state index is -0.448. The molecule has 1 fully saturated rings. The molecule has 124 valence electrons. The van der Waals surface area contributed by atoms with E-state index in [0.29, 0.717) is 19.5 Å². The van der Waals surface area contributed by atoms with Crippen LogP contribution in [0.2, 0.25) is 5.02 Å². The number of hydrogen-bond donors (Lipinski definition) is 2. The number of hydrogen-bond acceptors (Lipinski definition) is 2. The van der Waals surface area contributed by atoms with Gasteiger partial charge in [-0.1, -0.05) is 36.9 Å². The van der Waals surface area contributed by atoms with Crippen molar-refractivity contribution in [2.45, 2.75) is 45.1 Å². The molecule has 0 unspecified atom stereocenters. The summed E-state index contributed by atoms with van der Waals surface area (Å²) in [6, 6.07) is 4.48. The van der Waals surface area contributed by atoms with E-state index in [1.807, 2.05) is 0 Å². The van der Waals surface area contributed by atoms with E-state index in [4.69, 9.17) is 17.3 Å². The van der Waals surface area contributed by atoms with Gasteiger partial charge < -0.3 is 11.1 Å². The van der Waals surface area contributed by atoms with E-state index in [1.54, 1.807) is 6.07 Å². The number of halogens is 3. The summed E-state index contributed by atoms with van der Waals surface area (Å²) in [5, 5.41) is 2.95. The van der Waals surface area contributed by atoms with Crippen molar-refractivity contribution in [2.75, 3.05) is 6.54 Å². The van der Waals surface area contributed by atoms with E-state index in [1.165, 1.54) is 18.6 Å². The number of carbonyl (C=O) groups is 1. The molecular formula is C16H23Cl2FN2O. The molecule has 1 aliphatic rings. The first-order chi connectivity index (χ1) is 10.0. The summed E-state index contributed by atoms with van der Waals surface area (Å²) < 4.78 is 13.1. The smallest absolute Gasteiger partial charge is 0.220 e. The second-order valence-corrected chi connectivity index (χ2v) is 6.37. The first-order valence-electron chi connectivity index (χ1n) is 7.45. The van der Waals surface area contributed by atoms with Gasteiger partial charge in [-0.25, -0.2) is 4.39 Å². The Morgan fingerprint density at radius 2 is 2.00 bits per heavy atom. The highest BCUT2D eigenvalue weighted by molar-refractivity contribution is 6.30. The van der Waals surface area contributed by atoms with Crippen LogP contribution in [-0.4, -0.2) is 12.5 Å². The minimum absolute atomic E-state index is 0. The zero-order valence-electron chi connectivity index (χ0n) is 12.5. The number of carbonyl (C=O) groups excluding carboxylic acids is 1. The number of benzene rings is 1. The third-order valence-corrected chi connectivity index (χ3v) is 4.65. The molecule has 0 bridgehead atoms. The summed E-state index contributed by atoms with van der Waals surface area (Å²) in [4.78, 5) is 12.1. The summed E-state index contributed by atoms with van der Waals surface area (Å²) in [6.45, 7) is 0.919. The van der Waals surface area contributed by atoms with Crippen LogP contribution in [0.1, 0.15) is 44.1 Å². The molecule has 0 atom stereocenters. The highest BCUT2D eigenvalue weighted by Crippen LogP contribution is 2.38. The zero-order valence-corrected chi connectivity index (χ0v) is 14.1. The quantitative estimate of drug-likeness (QED) is 0.849. The fraction of sp³-hybridized carbons (Fsp3) is 0.562. The van der Waals surface area contributed by atoms with E-state index < -0.39 is 5.82 Å². The molecule has 3 N–H and O–H groups in total. The molecule has 1 aliphatic carbocycles. The van der Waals surface area contributed by atoms with Crippen LogP contribution >= 0.6 is 24.0 Å². The van der Waals surface area contributed by atoms with Crippen molar-refractivity contribution in [3.05, 3.63) is 34.6 Å². The summed E-state index contributed by atoms with van der Waals surface area (Å²) in [7, 11) is 0. The van der Waals surface area contributed by atoms with Gasteiger partial charge in [0.2, 0.25) is 5.91 Å². The highest BCUT2D eigenvalue weighted by Gasteiger charge is 2.32. The largest absolute Gasteiger partial charge is 0.352 e. The lowest BCUT2D eigenvalue weighted by atomic mass is 9.71. The Balaban J connectivity index is 0.00000242. The standard InChI is InChI=1S/C16H22ClFN2O.ClH/c17-13-8-12(4-5-14(13)18)10-20-15(21)9-16(11-19)6-2-1-3-7-16;/h4-5,8H,1-3,6-7,9-11,19H2,(H,20,21);1H. The van der Waals surface area contributed by atoms with Crippen molar-refractivity contribution < 1.29 is 9.18 Å². The molecular weight excluding hydrogens is 326 g/mol. The molecule has 1 amide bonds. The molecule has 1 aromatic carbocycles. The van der Waals surface area contributed by atoms with Crippen LogP contribution in [0.3, 0.4) is 0 Å². The summed E-state index contributed by atoms with van der Waals surface area (Å²) >= 11 is 5.73. The Morgan fingerprint density at radius 3 is 2.59 bits per heavy atom. The van der Waals surface area contributed by atoms with Crippen molar-refractivity contribution in [1.82, 2.24) is 5.32 Å². The third kappa shape index (κ3) is 5.11. The molecule has 0 spiro atoms. The van der Waals surface area contributed by atoms with Crippen molar-refractivity contribution in [1.29, 1.82) is 0 Å². The van der Waals surface area contributed by atoms with E-state index in [9.17, 15) is 9.18 Å². The van der Waals surface area contributed by atoms with Crippen LogP contribution in [-0.2, 0) is 11.3 Å². The first kappa shape index (κ1) is 19.2. The van der Waals surface area contributed by atoms with Gasteiger partial charge >= 0.3 is 0 Å². The zero-order chi connectivity index (χ0) is 15.3. The van der Waals surface area contributed by atoms with Gasteiger partial charge in [-0.2, -0.15) is 0 Å². The molecule has 0 aliphatic heterocycles.